The van der Waals surface area contributed by atoms with E-state index in [1.807, 2.05) is 12.1 Å². The molecule has 0 radical (unpaired) electrons. The van der Waals surface area contributed by atoms with Crippen LogP contribution in [0.1, 0.15) is 39.2 Å². The number of carbonyl (C=O) groups excluding carboxylic acids is 1. The fourth-order valence-electron chi connectivity index (χ4n) is 2.15. The summed E-state index contributed by atoms with van der Waals surface area (Å²) in [6, 6.07) is 3.83. The molecule has 0 aliphatic carbocycles. The van der Waals surface area contributed by atoms with Crippen LogP contribution in [-0.2, 0) is 11.2 Å². The number of benzene rings is 1. The van der Waals surface area contributed by atoms with Crippen molar-refractivity contribution in [1.82, 2.24) is 0 Å². The van der Waals surface area contributed by atoms with Crippen LogP contribution in [-0.4, -0.2) is 11.4 Å². The molecule has 98 valence electrons. The van der Waals surface area contributed by atoms with Crippen LogP contribution in [0, 0.1) is 0 Å². The van der Waals surface area contributed by atoms with Gasteiger partial charge in [0.25, 0.3) is 0 Å². The van der Waals surface area contributed by atoms with Crippen molar-refractivity contribution in [2.45, 2.75) is 45.6 Å². The molecule has 0 bridgehead atoms. The highest BCUT2D eigenvalue weighted by Gasteiger charge is 2.23. The summed E-state index contributed by atoms with van der Waals surface area (Å²) in [6.07, 6.45) is 2.47. The Hall–Kier alpha value is -1.71. The van der Waals surface area contributed by atoms with E-state index in [9.17, 15) is 4.79 Å². The summed E-state index contributed by atoms with van der Waals surface area (Å²) < 4.78 is 0. The van der Waals surface area contributed by atoms with Gasteiger partial charge in [-0.1, -0.05) is 13.8 Å². The molecule has 0 atom stereocenters. The standard InChI is InChI=1S/C14H21N3O/c1-4-14(3,5-2)17-12-8-11-9(6-10(12)15)7-13(18)16-11/h6,8,17H,4-5,7,15H2,1-3H3,(H,16,18). The van der Waals surface area contributed by atoms with E-state index in [2.05, 4.69) is 31.4 Å². The minimum Gasteiger partial charge on any atom is -0.397 e. The van der Waals surface area contributed by atoms with Crippen LogP contribution < -0.4 is 16.4 Å². The molecule has 1 aromatic carbocycles. The largest absolute Gasteiger partial charge is 0.397 e. The summed E-state index contributed by atoms with van der Waals surface area (Å²) in [5.41, 5.74) is 9.56. The molecule has 1 aromatic rings. The molecular weight excluding hydrogens is 226 g/mol. The van der Waals surface area contributed by atoms with E-state index in [4.69, 9.17) is 5.73 Å². The molecule has 0 spiro atoms. The zero-order valence-electron chi connectivity index (χ0n) is 11.3. The normalized spacial score (nSPS) is 14.3. The second-order valence-corrected chi connectivity index (χ2v) is 5.21. The predicted molar refractivity (Wildman–Crippen MR) is 75.8 cm³/mol. The topological polar surface area (TPSA) is 67.1 Å². The number of nitrogen functional groups attached to an aromatic ring is 1. The maximum atomic E-state index is 11.3. The Balaban J connectivity index is 2.30. The third-order valence-electron chi connectivity index (χ3n) is 3.90. The third kappa shape index (κ3) is 2.28. The highest BCUT2D eigenvalue weighted by Crippen LogP contribution is 2.34. The summed E-state index contributed by atoms with van der Waals surface area (Å²) in [4.78, 5) is 11.3. The molecule has 0 aromatic heterocycles. The van der Waals surface area contributed by atoms with Gasteiger partial charge in [0.1, 0.15) is 0 Å². The number of anilines is 3. The van der Waals surface area contributed by atoms with Crippen molar-refractivity contribution in [1.29, 1.82) is 0 Å². The Labute approximate surface area is 108 Å². The van der Waals surface area contributed by atoms with Gasteiger partial charge >= 0.3 is 0 Å². The van der Waals surface area contributed by atoms with Gasteiger partial charge in [0.15, 0.2) is 0 Å². The molecule has 1 aliphatic rings. The second-order valence-electron chi connectivity index (χ2n) is 5.21. The quantitative estimate of drug-likeness (QED) is 0.717. The van der Waals surface area contributed by atoms with Gasteiger partial charge in [-0.3, -0.25) is 4.79 Å². The van der Waals surface area contributed by atoms with Crippen molar-refractivity contribution >= 4 is 23.0 Å². The molecule has 18 heavy (non-hydrogen) atoms. The third-order valence-corrected chi connectivity index (χ3v) is 3.90. The number of nitrogens with one attached hydrogen (secondary N) is 2. The van der Waals surface area contributed by atoms with Gasteiger partial charge in [-0.25, -0.2) is 0 Å². The monoisotopic (exact) mass is 247 g/mol. The van der Waals surface area contributed by atoms with Crippen LogP contribution in [0.3, 0.4) is 0 Å². The van der Waals surface area contributed by atoms with Crippen molar-refractivity contribution in [3.8, 4) is 0 Å². The van der Waals surface area contributed by atoms with Crippen LogP contribution in [0.15, 0.2) is 12.1 Å². The lowest BCUT2D eigenvalue weighted by Crippen LogP contribution is -2.33. The number of rotatable bonds is 4. The minimum absolute atomic E-state index is 0.0327. The summed E-state index contributed by atoms with van der Waals surface area (Å²) in [5.74, 6) is 0.0373. The maximum absolute atomic E-state index is 11.3. The molecule has 2 rings (SSSR count). The summed E-state index contributed by atoms with van der Waals surface area (Å²) in [7, 11) is 0. The molecule has 1 amide bonds. The van der Waals surface area contributed by atoms with Crippen molar-refractivity contribution in [3.63, 3.8) is 0 Å². The fourth-order valence-corrected chi connectivity index (χ4v) is 2.15. The SMILES string of the molecule is CCC(C)(CC)Nc1cc2c(cc1N)CC(=O)N2. The van der Waals surface area contributed by atoms with E-state index in [1.54, 1.807) is 0 Å². The number of hydrogen-bond donors (Lipinski definition) is 3. The van der Waals surface area contributed by atoms with E-state index in [1.165, 1.54) is 0 Å². The zero-order chi connectivity index (χ0) is 13.3. The maximum Gasteiger partial charge on any atom is 0.228 e. The first kappa shape index (κ1) is 12.7. The smallest absolute Gasteiger partial charge is 0.228 e. The second kappa shape index (κ2) is 4.52. The van der Waals surface area contributed by atoms with Crippen molar-refractivity contribution in [2.24, 2.45) is 0 Å². The Morgan fingerprint density at radius 3 is 2.67 bits per heavy atom. The lowest BCUT2D eigenvalue weighted by molar-refractivity contribution is -0.115. The molecule has 0 saturated heterocycles. The van der Waals surface area contributed by atoms with Crippen LogP contribution >= 0.6 is 0 Å². The van der Waals surface area contributed by atoms with Crippen LogP contribution in [0.4, 0.5) is 17.1 Å². The molecule has 1 heterocycles. The van der Waals surface area contributed by atoms with E-state index >= 15 is 0 Å². The number of carbonyl (C=O) groups is 1. The van der Waals surface area contributed by atoms with Gasteiger partial charge in [-0.15, -0.1) is 0 Å². The van der Waals surface area contributed by atoms with E-state index in [0.29, 0.717) is 12.1 Å². The van der Waals surface area contributed by atoms with Gasteiger partial charge in [0.05, 0.1) is 17.8 Å². The Kier molecular flexibility index (Phi) is 3.20. The van der Waals surface area contributed by atoms with E-state index in [-0.39, 0.29) is 11.4 Å². The van der Waals surface area contributed by atoms with Gasteiger partial charge in [-0.05, 0) is 37.5 Å². The molecule has 0 unspecified atom stereocenters. The zero-order valence-corrected chi connectivity index (χ0v) is 11.3. The average Bonchev–Trinajstić information content (AvgIpc) is 2.68. The van der Waals surface area contributed by atoms with E-state index in [0.717, 1.165) is 29.8 Å². The Morgan fingerprint density at radius 2 is 2.06 bits per heavy atom. The van der Waals surface area contributed by atoms with Gasteiger partial charge in [0, 0.05) is 11.2 Å². The Morgan fingerprint density at radius 1 is 1.39 bits per heavy atom. The van der Waals surface area contributed by atoms with Gasteiger partial charge in [0.2, 0.25) is 5.91 Å². The molecule has 0 saturated carbocycles. The van der Waals surface area contributed by atoms with Crippen LogP contribution in [0.2, 0.25) is 0 Å². The molecule has 4 nitrogen and oxygen atoms in total. The van der Waals surface area contributed by atoms with Crippen LogP contribution in [0.5, 0.6) is 0 Å². The summed E-state index contributed by atoms with van der Waals surface area (Å²) >= 11 is 0. The fraction of sp³-hybridized carbons (Fsp3) is 0.500. The van der Waals surface area contributed by atoms with Crippen LogP contribution in [0.25, 0.3) is 0 Å². The average molecular weight is 247 g/mol. The number of nitrogens with two attached hydrogens (primary N) is 1. The molecule has 0 fully saturated rings. The van der Waals surface area contributed by atoms with Gasteiger partial charge < -0.3 is 16.4 Å². The first-order valence-corrected chi connectivity index (χ1v) is 6.48. The van der Waals surface area contributed by atoms with E-state index < -0.39 is 0 Å². The number of hydrogen-bond acceptors (Lipinski definition) is 3. The first-order chi connectivity index (χ1) is 8.47. The van der Waals surface area contributed by atoms with Crippen molar-refractivity contribution < 1.29 is 4.79 Å². The molecule has 1 aliphatic heterocycles. The molecule has 4 heteroatoms. The summed E-state index contributed by atoms with van der Waals surface area (Å²) in [6.45, 7) is 6.49. The first-order valence-electron chi connectivity index (χ1n) is 6.48. The molecular formula is C14H21N3O. The highest BCUT2D eigenvalue weighted by molar-refractivity contribution is 6.00. The van der Waals surface area contributed by atoms with Crippen molar-refractivity contribution in [3.05, 3.63) is 17.7 Å². The number of fused-ring (bicyclic) bond motifs is 1. The predicted octanol–water partition coefficient (Wildman–Crippen LogP) is 2.75. The number of amides is 1. The lowest BCUT2D eigenvalue weighted by Gasteiger charge is -2.30. The minimum atomic E-state index is 0.0327. The highest BCUT2D eigenvalue weighted by atomic mass is 16.1. The lowest BCUT2D eigenvalue weighted by atomic mass is 9.94. The van der Waals surface area contributed by atoms with Gasteiger partial charge in [-0.2, -0.15) is 0 Å². The molecule has 4 N–H and O–H groups in total. The Bertz CT molecular complexity index is 478. The van der Waals surface area contributed by atoms with Crippen molar-refractivity contribution in [2.75, 3.05) is 16.4 Å². The summed E-state index contributed by atoms with van der Waals surface area (Å²) in [5, 5.41) is 6.34.